The Morgan fingerprint density at radius 2 is 1.84 bits per heavy atom. The number of carboxylic acid groups (broad SMARTS) is 2. The molecule has 0 rings (SSSR count). The molecule has 0 aliphatic rings. The lowest BCUT2D eigenvalue weighted by molar-refractivity contribution is -0.140. The van der Waals surface area contributed by atoms with Crippen molar-refractivity contribution in [2.45, 2.75) is 37.4 Å². The maximum atomic E-state index is 11.1. The third-order valence-electron chi connectivity index (χ3n) is 2.77. The molecule has 3 atom stereocenters. The number of nitrogens with two attached hydrogens (primary N) is 2. The Kier molecular flexibility index (Phi) is 9.58. The second-order valence-corrected chi connectivity index (χ2v) is 5.28. The molecule has 7 nitrogen and oxygen atoms in total. The molecule has 0 aromatic heterocycles. The molecule has 8 heteroatoms. The third kappa shape index (κ3) is 8.04. The van der Waals surface area contributed by atoms with Crippen LogP contribution >= 0.6 is 11.8 Å². The van der Waals surface area contributed by atoms with Gasteiger partial charge >= 0.3 is 11.9 Å². The van der Waals surface area contributed by atoms with Crippen LogP contribution in [0.1, 0.15) is 19.3 Å². The van der Waals surface area contributed by atoms with Crippen LogP contribution < -0.4 is 16.8 Å². The van der Waals surface area contributed by atoms with Gasteiger partial charge in [-0.15, -0.1) is 0 Å². The SMILES string of the molecule is CSCC[C@H](NC(CN)CC[C@H](N)C(=O)O)C(=O)O. The van der Waals surface area contributed by atoms with Gasteiger partial charge in [-0.25, -0.2) is 0 Å². The summed E-state index contributed by atoms with van der Waals surface area (Å²) in [5.41, 5.74) is 11.0. The number of carbonyl (C=O) groups is 2. The Bertz CT molecular complexity index is 291. The Labute approximate surface area is 117 Å². The van der Waals surface area contributed by atoms with Gasteiger partial charge in [-0.2, -0.15) is 11.8 Å². The Hall–Kier alpha value is -0.830. The molecule has 0 amide bonds. The fourth-order valence-corrected chi connectivity index (χ4v) is 2.04. The lowest BCUT2D eigenvalue weighted by atomic mass is 10.1. The van der Waals surface area contributed by atoms with Gasteiger partial charge in [0.1, 0.15) is 12.1 Å². The minimum absolute atomic E-state index is 0.242. The van der Waals surface area contributed by atoms with Gasteiger partial charge < -0.3 is 27.0 Å². The van der Waals surface area contributed by atoms with E-state index in [2.05, 4.69) is 5.32 Å². The van der Waals surface area contributed by atoms with Crippen molar-refractivity contribution in [1.82, 2.24) is 5.32 Å². The Morgan fingerprint density at radius 3 is 2.26 bits per heavy atom. The summed E-state index contributed by atoms with van der Waals surface area (Å²) in [5, 5.41) is 20.7. The van der Waals surface area contributed by atoms with Crippen molar-refractivity contribution >= 4 is 23.7 Å². The van der Waals surface area contributed by atoms with Crippen LogP contribution in [0.25, 0.3) is 0 Å². The lowest BCUT2D eigenvalue weighted by Crippen LogP contribution is -2.47. The molecule has 0 bridgehead atoms. The molecule has 7 N–H and O–H groups in total. The largest absolute Gasteiger partial charge is 0.480 e. The molecule has 0 radical (unpaired) electrons. The van der Waals surface area contributed by atoms with E-state index >= 15 is 0 Å². The van der Waals surface area contributed by atoms with Gasteiger partial charge in [0.15, 0.2) is 0 Å². The van der Waals surface area contributed by atoms with Crippen molar-refractivity contribution in [3.8, 4) is 0 Å². The predicted molar refractivity (Wildman–Crippen MR) is 75.2 cm³/mol. The van der Waals surface area contributed by atoms with Crippen molar-refractivity contribution in [3.63, 3.8) is 0 Å². The van der Waals surface area contributed by atoms with Gasteiger partial charge in [0, 0.05) is 12.6 Å². The van der Waals surface area contributed by atoms with Crippen molar-refractivity contribution in [2.75, 3.05) is 18.6 Å². The second-order valence-electron chi connectivity index (χ2n) is 4.29. The van der Waals surface area contributed by atoms with Crippen molar-refractivity contribution in [2.24, 2.45) is 11.5 Å². The van der Waals surface area contributed by atoms with Crippen LogP contribution in [0.2, 0.25) is 0 Å². The first-order valence-corrected chi connectivity index (χ1v) is 7.48. The number of thioether (sulfide) groups is 1. The molecule has 0 spiro atoms. The highest BCUT2D eigenvalue weighted by molar-refractivity contribution is 7.98. The van der Waals surface area contributed by atoms with E-state index in [0.29, 0.717) is 12.8 Å². The van der Waals surface area contributed by atoms with Gasteiger partial charge in [-0.3, -0.25) is 9.59 Å². The zero-order chi connectivity index (χ0) is 14.8. The van der Waals surface area contributed by atoms with E-state index in [0.717, 1.165) is 5.75 Å². The van der Waals surface area contributed by atoms with Crippen molar-refractivity contribution in [1.29, 1.82) is 0 Å². The van der Waals surface area contributed by atoms with Gasteiger partial charge in [-0.1, -0.05) is 0 Å². The number of carboxylic acids is 2. The summed E-state index contributed by atoms with van der Waals surface area (Å²) in [5.74, 6) is -1.25. The molecule has 0 fully saturated rings. The Balaban J connectivity index is 4.26. The molecule has 0 saturated carbocycles. The first-order chi connectivity index (χ1) is 8.92. The molecule has 0 aromatic carbocycles. The first-order valence-electron chi connectivity index (χ1n) is 6.08. The quantitative estimate of drug-likeness (QED) is 0.337. The third-order valence-corrected chi connectivity index (χ3v) is 3.42. The maximum absolute atomic E-state index is 11.1. The summed E-state index contributed by atoms with van der Waals surface area (Å²) in [6.07, 6.45) is 3.11. The number of hydrogen-bond acceptors (Lipinski definition) is 6. The zero-order valence-electron chi connectivity index (χ0n) is 11.0. The monoisotopic (exact) mass is 293 g/mol. The molecular formula is C11H23N3O4S. The summed E-state index contributed by atoms with van der Waals surface area (Å²) in [6.45, 7) is 0.245. The summed E-state index contributed by atoms with van der Waals surface area (Å²) in [4.78, 5) is 21.7. The highest BCUT2D eigenvalue weighted by Crippen LogP contribution is 2.05. The minimum atomic E-state index is -1.06. The number of aliphatic carboxylic acids is 2. The topological polar surface area (TPSA) is 139 Å². The predicted octanol–water partition coefficient (Wildman–Crippen LogP) is -0.698. The second kappa shape index (κ2) is 10.0. The first kappa shape index (κ1) is 18.2. The molecule has 19 heavy (non-hydrogen) atoms. The van der Waals surface area contributed by atoms with Crippen LogP contribution in [-0.4, -0.2) is 58.8 Å². The number of rotatable bonds is 11. The van der Waals surface area contributed by atoms with Crippen LogP contribution in [0.4, 0.5) is 0 Å². The van der Waals surface area contributed by atoms with Crippen molar-refractivity contribution in [3.05, 3.63) is 0 Å². The zero-order valence-corrected chi connectivity index (χ0v) is 11.9. The molecule has 0 aromatic rings. The molecule has 0 saturated heterocycles. The molecule has 0 heterocycles. The number of nitrogens with one attached hydrogen (secondary N) is 1. The molecule has 0 aliphatic heterocycles. The van der Waals surface area contributed by atoms with Crippen LogP contribution in [0.3, 0.4) is 0 Å². The van der Waals surface area contributed by atoms with E-state index in [-0.39, 0.29) is 19.0 Å². The van der Waals surface area contributed by atoms with E-state index < -0.39 is 24.0 Å². The maximum Gasteiger partial charge on any atom is 0.320 e. The highest BCUT2D eigenvalue weighted by Gasteiger charge is 2.21. The summed E-state index contributed by atoms with van der Waals surface area (Å²) in [6, 6.07) is -1.85. The smallest absolute Gasteiger partial charge is 0.320 e. The summed E-state index contributed by atoms with van der Waals surface area (Å²) in [7, 11) is 0. The van der Waals surface area contributed by atoms with Crippen LogP contribution in [0, 0.1) is 0 Å². The van der Waals surface area contributed by atoms with E-state index in [4.69, 9.17) is 21.7 Å². The van der Waals surface area contributed by atoms with E-state index in [1.54, 1.807) is 11.8 Å². The standard InChI is InChI=1S/C11H23N3O4S/c1-19-5-4-9(11(17)18)14-7(6-12)2-3-8(13)10(15)16/h7-9,14H,2-6,12-13H2,1H3,(H,15,16)(H,17,18)/t7?,8-,9-/m0/s1. The number of hydrogen-bond donors (Lipinski definition) is 5. The van der Waals surface area contributed by atoms with Crippen LogP contribution in [-0.2, 0) is 9.59 Å². The van der Waals surface area contributed by atoms with E-state index in [9.17, 15) is 9.59 Å². The molecule has 112 valence electrons. The van der Waals surface area contributed by atoms with Gasteiger partial charge in [-0.05, 0) is 31.3 Å². The average Bonchev–Trinajstić information content (AvgIpc) is 2.37. The van der Waals surface area contributed by atoms with E-state index in [1.165, 1.54) is 0 Å². The van der Waals surface area contributed by atoms with Gasteiger partial charge in [0.2, 0.25) is 0 Å². The average molecular weight is 293 g/mol. The van der Waals surface area contributed by atoms with Crippen LogP contribution in [0.5, 0.6) is 0 Å². The summed E-state index contributed by atoms with van der Waals surface area (Å²) >= 11 is 1.57. The summed E-state index contributed by atoms with van der Waals surface area (Å²) < 4.78 is 0. The molecule has 1 unspecified atom stereocenters. The van der Waals surface area contributed by atoms with E-state index in [1.807, 2.05) is 6.26 Å². The minimum Gasteiger partial charge on any atom is -0.480 e. The normalized spacial score (nSPS) is 15.7. The van der Waals surface area contributed by atoms with Gasteiger partial charge in [0.05, 0.1) is 0 Å². The lowest BCUT2D eigenvalue weighted by Gasteiger charge is -2.22. The molecule has 0 aliphatic carbocycles. The fourth-order valence-electron chi connectivity index (χ4n) is 1.57. The van der Waals surface area contributed by atoms with Gasteiger partial charge in [0.25, 0.3) is 0 Å². The highest BCUT2D eigenvalue weighted by atomic mass is 32.2. The Morgan fingerprint density at radius 1 is 1.21 bits per heavy atom. The molecular weight excluding hydrogens is 270 g/mol. The van der Waals surface area contributed by atoms with Crippen molar-refractivity contribution < 1.29 is 19.8 Å². The van der Waals surface area contributed by atoms with Crippen LogP contribution in [0.15, 0.2) is 0 Å². The fraction of sp³-hybridized carbons (Fsp3) is 0.818.